The summed E-state index contributed by atoms with van der Waals surface area (Å²) in [5, 5.41) is -0.329. The first-order valence-corrected chi connectivity index (χ1v) is 9.13. The van der Waals surface area contributed by atoms with Crippen molar-refractivity contribution in [3.05, 3.63) is 54.3 Å². The fourth-order valence-electron chi connectivity index (χ4n) is 2.93. The molecule has 4 rings (SSSR count). The average Bonchev–Trinajstić information content (AvgIpc) is 3.37. The fraction of sp³-hybridized carbons (Fsp3) is 0.278. The number of hydrogen-bond acceptors (Lipinski definition) is 7. The summed E-state index contributed by atoms with van der Waals surface area (Å²) in [6, 6.07) is 10.2. The number of esters is 1. The molecule has 0 radical (unpaired) electrons. The lowest BCUT2D eigenvalue weighted by molar-refractivity contribution is -0.155. The quantitative estimate of drug-likeness (QED) is 0.650. The molecule has 1 saturated heterocycles. The molecule has 2 aromatic heterocycles. The molecule has 0 N–H and O–H groups in total. The number of fused-ring (bicyclic) bond motifs is 1. The third-order valence-corrected chi connectivity index (χ3v) is 5.38. The van der Waals surface area contributed by atoms with E-state index in [1.165, 1.54) is 23.6 Å². The Morgan fingerprint density at radius 2 is 2.15 bits per heavy atom. The van der Waals surface area contributed by atoms with Crippen molar-refractivity contribution >= 4 is 34.7 Å². The Bertz CT molecular complexity index is 903. The van der Waals surface area contributed by atoms with Crippen molar-refractivity contribution in [2.75, 3.05) is 5.75 Å². The van der Waals surface area contributed by atoms with E-state index in [4.69, 9.17) is 13.6 Å². The van der Waals surface area contributed by atoms with E-state index in [1.54, 1.807) is 24.5 Å². The van der Waals surface area contributed by atoms with Gasteiger partial charge in [-0.15, -0.1) is 11.8 Å². The number of amides is 1. The van der Waals surface area contributed by atoms with Gasteiger partial charge in [0.2, 0.25) is 11.8 Å². The van der Waals surface area contributed by atoms with E-state index in [0.717, 1.165) is 0 Å². The molecule has 26 heavy (non-hydrogen) atoms. The predicted molar refractivity (Wildman–Crippen MR) is 94.0 cm³/mol. The lowest BCUT2D eigenvalue weighted by atomic mass is 10.2. The van der Waals surface area contributed by atoms with E-state index >= 15 is 0 Å². The van der Waals surface area contributed by atoms with E-state index in [9.17, 15) is 9.59 Å². The molecule has 0 saturated carbocycles. The molecule has 3 heterocycles. The number of carbonyl (C=O) groups excluding carboxylic acids is 2. The second kappa shape index (κ2) is 6.87. The Kier molecular flexibility index (Phi) is 4.42. The van der Waals surface area contributed by atoms with Gasteiger partial charge in [0.15, 0.2) is 12.2 Å². The normalized spacial score (nSPS) is 19.8. The van der Waals surface area contributed by atoms with Crippen molar-refractivity contribution in [2.45, 2.75) is 24.9 Å². The van der Waals surface area contributed by atoms with Crippen LogP contribution < -0.4 is 0 Å². The molecule has 0 unspecified atom stereocenters. The van der Waals surface area contributed by atoms with Crippen LogP contribution in [0.15, 0.2) is 51.5 Å². The molecule has 1 amide bonds. The first-order valence-electron chi connectivity index (χ1n) is 8.08. The minimum atomic E-state index is -0.669. The number of para-hydroxylation sites is 2. The summed E-state index contributed by atoms with van der Waals surface area (Å²) in [5.74, 6) is 0.711. The van der Waals surface area contributed by atoms with E-state index < -0.39 is 12.0 Å². The molecule has 7 nitrogen and oxygen atoms in total. The van der Waals surface area contributed by atoms with E-state index in [0.29, 0.717) is 28.5 Å². The van der Waals surface area contributed by atoms with Crippen LogP contribution in [0.4, 0.5) is 0 Å². The van der Waals surface area contributed by atoms with Crippen LogP contribution in [0.2, 0.25) is 0 Å². The smallest absolute Gasteiger partial charge is 0.330 e. The van der Waals surface area contributed by atoms with Crippen LogP contribution in [0.3, 0.4) is 0 Å². The van der Waals surface area contributed by atoms with Crippen molar-refractivity contribution in [1.29, 1.82) is 0 Å². The fourth-order valence-corrected chi connectivity index (χ4v) is 4.35. The Hall–Kier alpha value is -2.74. The first-order chi connectivity index (χ1) is 12.6. The van der Waals surface area contributed by atoms with Gasteiger partial charge in [-0.2, -0.15) is 0 Å². The van der Waals surface area contributed by atoms with Gasteiger partial charge in [0.05, 0.1) is 6.26 Å². The van der Waals surface area contributed by atoms with Gasteiger partial charge >= 0.3 is 5.97 Å². The molecule has 0 aliphatic carbocycles. The van der Waals surface area contributed by atoms with Crippen molar-refractivity contribution in [3.8, 4) is 0 Å². The summed E-state index contributed by atoms with van der Waals surface area (Å²) in [7, 11) is 0. The summed E-state index contributed by atoms with van der Waals surface area (Å²) >= 11 is 1.47. The zero-order valence-corrected chi connectivity index (χ0v) is 14.8. The molecular weight excluding hydrogens is 356 g/mol. The minimum absolute atomic E-state index is 0.0775. The van der Waals surface area contributed by atoms with Crippen molar-refractivity contribution in [3.63, 3.8) is 0 Å². The van der Waals surface area contributed by atoms with Gasteiger partial charge in [-0.3, -0.25) is 4.79 Å². The second-order valence-electron chi connectivity index (χ2n) is 5.83. The molecule has 0 bridgehead atoms. The van der Waals surface area contributed by atoms with E-state index in [-0.39, 0.29) is 17.9 Å². The number of benzene rings is 1. The maximum atomic E-state index is 12.5. The van der Waals surface area contributed by atoms with Gasteiger partial charge in [0, 0.05) is 12.7 Å². The van der Waals surface area contributed by atoms with Gasteiger partial charge in [-0.1, -0.05) is 12.1 Å². The molecule has 2 atom stereocenters. The summed E-state index contributed by atoms with van der Waals surface area (Å²) < 4.78 is 16.3. The highest BCUT2D eigenvalue weighted by atomic mass is 32.2. The van der Waals surface area contributed by atoms with Crippen LogP contribution in [0.5, 0.6) is 0 Å². The molecule has 1 fully saturated rings. The largest absolute Gasteiger partial charge is 0.466 e. The number of rotatable bonds is 4. The molecule has 1 aliphatic heterocycles. The van der Waals surface area contributed by atoms with Crippen LogP contribution in [0.1, 0.15) is 23.9 Å². The van der Waals surface area contributed by atoms with Crippen molar-refractivity contribution in [2.24, 2.45) is 0 Å². The van der Waals surface area contributed by atoms with Gasteiger partial charge < -0.3 is 18.5 Å². The highest BCUT2D eigenvalue weighted by Gasteiger charge is 2.43. The van der Waals surface area contributed by atoms with Crippen LogP contribution in [-0.2, 0) is 20.9 Å². The summed E-state index contributed by atoms with van der Waals surface area (Å²) in [5.41, 5.74) is 1.34. The topological polar surface area (TPSA) is 85.8 Å². The third-order valence-electron chi connectivity index (χ3n) is 4.10. The molecule has 134 valence electrons. The molecule has 8 heteroatoms. The lowest BCUT2D eigenvalue weighted by Crippen LogP contribution is -2.42. The average molecular weight is 372 g/mol. The van der Waals surface area contributed by atoms with Crippen LogP contribution in [0, 0.1) is 0 Å². The maximum Gasteiger partial charge on any atom is 0.330 e. The van der Waals surface area contributed by atoms with E-state index in [2.05, 4.69) is 4.98 Å². The summed E-state index contributed by atoms with van der Waals surface area (Å²) in [6.45, 7) is 1.36. The highest BCUT2D eigenvalue weighted by molar-refractivity contribution is 7.99. The minimum Gasteiger partial charge on any atom is -0.466 e. The Balaban J connectivity index is 1.46. The summed E-state index contributed by atoms with van der Waals surface area (Å²) in [4.78, 5) is 30.4. The Morgan fingerprint density at radius 3 is 2.88 bits per heavy atom. The number of furan rings is 1. The lowest BCUT2D eigenvalue weighted by Gasteiger charge is -2.25. The third kappa shape index (κ3) is 3.08. The Labute approximate surface area is 153 Å². The number of ether oxygens (including phenoxy) is 1. The van der Waals surface area contributed by atoms with Gasteiger partial charge in [-0.05, 0) is 24.3 Å². The SMILES string of the molecule is CC(=O)N1[C@@H](C(=O)OCc2nc3ccccc3o2)CS[C@H]1c1ccco1. The monoisotopic (exact) mass is 372 g/mol. The molecule has 3 aromatic rings. The highest BCUT2D eigenvalue weighted by Crippen LogP contribution is 2.41. The molecular formula is C18H16N2O5S. The second-order valence-corrected chi connectivity index (χ2v) is 6.94. The number of aromatic nitrogens is 1. The molecule has 0 spiro atoms. The molecule has 1 aliphatic rings. The molecule has 1 aromatic carbocycles. The van der Waals surface area contributed by atoms with Crippen LogP contribution in [0.25, 0.3) is 11.1 Å². The van der Waals surface area contributed by atoms with Crippen LogP contribution >= 0.6 is 11.8 Å². The van der Waals surface area contributed by atoms with Crippen molar-refractivity contribution in [1.82, 2.24) is 9.88 Å². The van der Waals surface area contributed by atoms with Gasteiger partial charge in [-0.25, -0.2) is 9.78 Å². The zero-order chi connectivity index (χ0) is 18.1. The van der Waals surface area contributed by atoms with Gasteiger partial charge in [0.1, 0.15) is 22.7 Å². The van der Waals surface area contributed by atoms with Gasteiger partial charge in [0.25, 0.3) is 0 Å². The number of thioether (sulfide) groups is 1. The number of carbonyl (C=O) groups is 2. The van der Waals surface area contributed by atoms with E-state index in [1.807, 2.05) is 18.2 Å². The van der Waals surface area contributed by atoms with Crippen LogP contribution in [-0.4, -0.2) is 33.6 Å². The Morgan fingerprint density at radius 1 is 1.31 bits per heavy atom. The maximum absolute atomic E-state index is 12.5. The predicted octanol–water partition coefficient (Wildman–Crippen LogP) is 3.13. The number of nitrogens with zero attached hydrogens (tertiary/aromatic N) is 2. The zero-order valence-electron chi connectivity index (χ0n) is 14.0. The first kappa shape index (κ1) is 16.7. The van der Waals surface area contributed by atoms with Crippen molar-refractivity contribution < 1.29 is 23.2 Å². The number of oxazole rings is 1. The summed E-state index contributed by atoms with van der Waals surface area (Å²) in [6.07, 6.45) is 1.55. The number of hydrogen-bond donors (Lipinski definition) is 0. The standard InChI is InChI=1S/C18H16N2O5S/c1-11(21)20-13(10-26-17(20)15-7-4-8-23-15)18(22)24-9-16-19-12-5-2-3-6-14(12)25-16/h2-8,13,17H,9-10H2,1H3/t13-,17+/m1/s1.